The van der Waals surface area contributed by atoms with Crippen molar-refractivity contribution in [2.24, 2.45) is 0 Å². The van der Waals surface area contributed by atoms with Crippen LogP contribution in [0.3, 0.4) is 0 Å². The van der Waals surface area contributed by atoms with Crippen molar-refractivity contribution in [1.29, 1.82) is 0 Å². The number of likely N-dealkylation sites (N-methyl/N-ethyl adjacent to an activating group) is 1. The van der Waals surface area contributed by atoms with Crippen LogP contribution in [-0.4, -0.2) is 48.1 Å². The molecule has 1 aromatic rings. The predicted octanol–water partition coefficient (Wildman–Crippen LogP) is 1.97. The van der Waals surface area contributed by atoms with E-state index in [4.69, 9.17) is 0 Å². The van der Waals surface area contributed by atoms with Gasteiger partial charge in [0.2, 0.25) is 0 Å². The van der Waals surface area contributed by atoms with E-state index in [0.29, 0.717) is 6.04 Å². The topological polar surface area (TPSA) is 53.1 Å². The second-order valence-corrected chi connectivity index (χ2v) is 4.81. The highest BCUT2D eigenvalue weighted by Crippen LogP contribution is 2.11. The summed E-state index contributed by atoms with van der Waals surface area (Å²) in [5, 5.41) is 6.64. The van der Waals surface area contributed by atoms with Gasteiger partial charge in [0.05, 0.1) is 0 Å². The normalized spacial score (nSPS) is 12.6. The Morgan fingerprint density at radius 3 is 2.39 bits per heavy atom. The molecule has 5 heteroatoms. The molecule has 1 unspecified atom stereocenters. The lowest BCUT2D eigenvalue weighted by Crippen LogP contribution is -2.31. The first-order valence-electron chi connectivity index (χ1n) is 6.52. The predicted molar refractivity (Wildman–Crippen MR) is 77.2 cm³/mol. The molecule has 18 heavy (non-hydrogen) atoms. The van der Waals surface area contributed by atoms with Crippen molar-refractivity contribution in [3.05, 3.63) is 11.9 Å². The van der Waals surface area contributed by atoms with E-state index in [-0.39, 0.29) is 0 Å². The molecule has 0 spiro atoms. The van der Waals surface area contributed by atoms with Gasteiger partial charge in [-0.2, -0.15) is 0 Å². The lowest BCUT2D eigenvalue weighted by atomic mass is 10.3. The molecule has 0 bridgehead atoms. The highest BCUT2D eigenvalue weighted by molar-refractivity contribution is 5.47. The van der Waals surface area contributed by atoms with Crippen LogP contribution in [0.4, 0.5) is 11.6 Å². The van der Waals surface area contributed by atoms with Gasteiger partial charge in [0.1, 0.15) is 17.5 Å². The molecule has 0 amide bonds. The number of aryl methyl sites for hydroxylation is 1. The Balaban J connectivity index is 2.62. The summed E-state index contributed by atoms with van der Waals surface area (Å²) in [6, 6.07) is 2.43. The van der Waals surface area contributed by atoms with Crippen LogP contribution in [0.5, 0.6) is 0 Å². The average Bonchev–Trinajstić information content (AvgIpc) is 2.32. The van der Waals surface area contributed by atoms with Gasteiger partial charge in [0.25, 0.3) is 0 Å². The van der Waals surface area contributed by atoms with Crippen LogP contribution in [0.15, 0.2) is 6.07 Å². The minimum Gasteiger partial charge on any atom is -0.370 e. The van der Waals surface area contributed by atoms with Crippen molar-refractivity contribution in [3.8, 4) is 0 Å². The van der Waals surface area contributed by atoms with Gasteiger partial charge in [-0.15, -0.1) is 0 Å². The van der Waals surface area contributed by atoms with E-state index in [0.717, 1.165) is 37.0 Å². The fourth-order valence-corrected chi connectivity index (χ4v) is 1.44. The van der Waals surface area contributed by atoms with Crippen LogP contribution in [0, 0.1) is 6.92 Å². The molecule has 0 radical (unpaired) electrons. The van der Waals surface area contributed by atoms with Gasteiger partial charge >= 0.3 is 0 Å². The summed E-state index contributed by atoms with van der Waals surface area (Å²) in [7, 11) is 4.15. The molecule has 0 saturated carbocycles. The molecule has 1 aromatic heterocycles. The number of nitrogens with zero attached hydrogens (tertiary/aromatic N) is 3. The zero-order chi connectivity index (χ0) is 13.5. The van der Waals surface area contributed by atoms with Gasteiger partial charge in [-0.1, -0.05) is 6.92 Å². The Bertz CT molecular complexity index is 364. The largest absolute Gasteiger partial charge is 0.370 e. The lowest BCUT2D eigenvalue weighted by Gasteiger charge is -2.20. The first-order chi connectivity index (χ1) is 8.52. The van der Waals surface area contributed by atoms with Crippen molar-refractivity contribution >= 4 is 11.6 Å². The zero-order valence-corrected chi connectivity index (χ0v) is 12.1. The summed E-state index contributed by atoms with van der Waals surface area (Å²) in [6.07, 6.45) is 1.09. The zero-order valence-electron chi connectivity index (χ0n) is 12.1. The molecule has 102 valence electrons. The van der Waals surface area contributed by atoms with Crippen molar-refractivity contribution in [2.45, 2.75) is 33.2 Å². The quantitative estimate of drug-likeness (QED) is 0.776. The van der Waals surface area contributed by atoms with Gasteiger partial charge in [-0.3, -0.25) is 0 Å². The van der Waals surface area contributed by atoms with E-state index >= 15 is 0 Å². The Morgan fingerprint density at radius 2 is 1.83 bits per heavy atom. The van der Waals surface area contributed by atoms with Crippen LogP contribution in [0.2, 0.25) is 0 Å². The Morgan fingerprint density at radius 1 is 1.22 bits per heavy atom. The van der Waals surface area contributed by atoms with Gasteiger partial charge in [0, 0.05) is 25.2 Å². The fourth-order valence-electron chi connectivity index (χ4n) is 1.44. The highest BCUT2D eigenvalue weighted by Gasteiger charge is 2.06. The highest BCUT2D eigenvalue weighted by atomic mass is 15.1. The van der Waals surface area contributed by atoms with E-state index < -0.39 is 0 Å². The van der Waals surface area contributed by atoms with E-state index in [9.17, 15) is 0 Å². The smallest absolute Gasteiger partial charge is 0.131 e. The van der Waals surface area contributed by atoms with Gasteiger partial charge in [-0.25, -0.2) is 9.97 Å². The fraction of sp³-hybridized carbons (Fsp3) is 0.692. The maximum Gasteiger partial charge on any atom is 0.131 e. The molecule has 5 nitrogen and oxygen atoms in total. The molecule has 0 aliphatic heterocycles. The number of hydrogen-bond acceptors (Lipinski definition) is 5. The minimum atomic E-state index is 0.465. The third kappa shape index (κ3) is 4.87. The minimum absolute atomic E-state index is 0.465. The number of rotatable bonds is 7. The number of anilines is 2. The monoisotopic (exact) mass is 251 g/mol. The standard InChI is InChI=1S/C13H25N5/c1-6-7-14-12-8-13(17-11(3)16-12)15-9-10(2)18(4)5/h8,10H,6-7,9H2,1-5H3,(H2,14,15,16,17). The molecule has 0 aromatic carbocycles. The second-order valence-electron chi connectivity index (χ2n) is 4.81. The number of hydrogen-bond donors (Lipinski definition) is 2. The van der Waals surface area contributed by atoms with Crippen LogP contribution >= 0.6 is 0 Å². The molecule has 0 aliphatic carbocycles. The summed E-state index contributed by atoms with van der Waals surface area (Å²) < 4.78 is 0. The van der Waals surface area contributed by atoms with Crippen LogP contribution < -0.4 is 10.6 Å². The Hall–Kier alpha value is -1.36. The van der Waals surface area contributed by atoms with E-state index in [1.807, 2.05) is 13.0 Å². The summed E-state index contributed by atoms with van der Waals surface area (Å²) in [4.78, 5) is 10.9. The van der Waals surface area contributed by atoms with Crippen LogP contribution in [0.1, 0.15) is 26.1 Å². The van der Waals surface area contributed by atoms with E-state index in [2.05, 4.69) is 53.4 Å². The van der Waals surface area contributed by atoms with E-state index in [1.54, 1.807) is 0 Å². The van der Waals surface area contributed by atoms with Crippen LogP contribution in [0.25, 0.3) is 0 Å². The summed E-state index contributed by atoms with van der Waals surface area (Å²) in [5.41, 5.74) is 0. The van der Waals surface area contributed by atoms with Crippen LogP contribution in [-0.2, 0) is 0 Å². The third-order valence-corrected chi connectivity index (χ3v) is 2.85. The molecule has 0 aliphatic rings. The summed E-state index contributed by atoms with van der Waals surface area (Å²) in [6.45, 7) is 8.04. The Kier molecular flexibility index (Phi) is 5.85. The maximum absolute atomic E-state index is 4.39. The molecule has 1 heterocycles. The van der Waals surface area contributed by atoms with Crippen molar-refractivity contribution in [1.82, 2.24) is 14.9 Å². The number of aromatic nitrogens is 2. The van der Waals surface area contributed by atoms with Crippen molar-refractivity contribution in [2.75, 3.05) is 37.8 Å². The Labute approximate surface area is 110 Å². The maximum atomic E-state index is 4.39. The first-order valence-corrected chi connectivity index (χ1v) is 6.52. The number of nitrogens with one attached hydrogen (secondary N) is 2. The summed E-state index contributed by atoms with van der Waals surface area (Å²) >= 11 is 0. The molecule has 1 rings (SSSR count). The molecule has 2 N–H and O–H groups in total. The SMILES string of the molecule is CCCNc1cc(NCC(C)N(C)C)nc(C)n1. The molecular weight excluding hydrogens is 226 g/mol. The van der Waals surface area contributed by atoms with Gasteiger partial charge in [0.15, 0.2) is 0 Å². The molecule has 0 saturated heterocycles. The van der Waals surface area contributed by atoms with Gasteiger partial charge in [-0.05, 0) is 34.4 Å². The third-order valence-electron chi connectivity index (χ3n) is 2.85. The van der Waals surface area contributed by atoms with Crippen molar-refractivity contribution in [3.63, 3.8) is 0 Å². The average molecular weight is 251 g/mol. The lowest BCUT2D eigenvalue weighted by molar-refractivity contribution is 0.326. The van der Waals surface area contributed by atoms with E-state index in [1.165, 1.54) is 0 Å². The molecular formula is C13H25N5. The molecule has 0 fully saturated rings. The first kappa shape index (κ1) is 14.7. The summed E-state index contributed by atoms with van der Waals surface area (Å²) in [5.74, 6) is 2.57. The second kappa shape index (κ2) is 7.16. The molecule has 1 atom stereocenters. The van der Waals surface area contributed by atoms with Gasteiger partial charge < -0.3 is 15.5 Å². The van der Waals surface area contributed by atoms with Crippen molar-refractivity contribution < 1.29 is 0 Å².